The van der Waals surface area contributed by atoms with Crippen LogP contribution in [0.5, 0.6) is 0 Å². The zero-order valence-electron chi connectivity index (χ0n) is 18.1. The van der Waals surface area contributed by atoms with Crippen LogP contribution in [0, 0.1) is 0 Å². The summed E-state index contributed by atoms with van der Waals surface area (Å²) in [6, 6.07) is 9.72. The molecule has 1 saturated heterocycles. The number of hydrogen-bond acceptors (Lipinski definition) is 5. The number of hydrogen-bond donors (Lipinski definition) is 2. The number of carbonyl (C=O) groups excluding carboxylic acids is 2. The summed E-state index contributed by atoms with van der Waals surface area (Å²) >= 11 is 1.42. The van der Waals surface area contributed by atoms with E-state index in [1.807, 2.05) is 6.26 Å². The minimum absolute atomic E-state index is 0.0301. The number of aromatic nitrogens is 2. The lowest BCUT2D eigenvalue weighted by atomic mass is 10.1. The van der Waals surface area contributed by atoms with Crippen molar-refractivity contribution in [3.63, 3.8) is 0 Å². The third kappa shape index (κ3) is 5.26. The molecule has 0 spiro atoms. The number of carbonyl (C=O) groups is 2. The Morgan fingerprint density at radius 3 is 2.71 bits per heavy atom. The molecule has 2 aromatic carbocycles. The van der Waals surface area contributed by atoms with Gasteiger partial charge in [-0.3, -0.25) is 14.2 Å². The Bertz CT molecular complexity index is 1210. The van der Waals surface area contributed by atoms with Crippen LogP contribution in [0.2, 0.25) is 0 Å². The van der Waals surface area contributed by atoms with Crippen LogP contribution in [0.3, 0.4) is 0 Å². The predicted molar refractivity (Wildman–Crippen MR) is 122 cm³/mol. The Balaban J connectivity index is 1.56. The summed E-state index contributed by atoms with van der Waals surface area (Å²) in [7, 11) is 0. The zero-order chi connectivity index (χ0) is 24.3. The first-order chi connectivity index (χ1) is 16.3. The molecule has 1 atom stereocenters. The van der Waals surface area contributed by atoms with Crippen molar-refractivity contribution >= 4 is 35.0 Å². The second kappa shape index (κ2) is 9.90. The van der Waals surface area contributed by atoms with Crippen LogP contribution in [0.4, 0.5) is 24.5 Å². The quantitative estimate of drug-likeness (QED) is 0.476. The number of benzene rings is 2. The van der Waals surface area contributed by atoms with E-state index < -0.39 is 35.3 Å². The van der Waals surface area contributed by atoms with Crippen molar-refractivity contribution in [1.29, 1.82) is 0 Å². The van der Waals surface area contributed by atoms with E-state index in [9.17, 15) is 22.8 Å². The van der Waals surface area contributed by atoms with Crippen LogP contribution in [0.1, 0.15) is 28.8 Å². The largest absolute Gasteiger partial charge is 0.418 e. The number of alkyl halides is 3. The predicted octanol–water partition coefficient (Wildman–Crippen LogP) is 4.98. The molecule has 1 aliphatic heterocycles. The van der Waals surface area contributed by atoms with Crippen molar-refractivity contribution in [3.8, 4) is 5.69 Å². The Morgan fingerprint density at radius 2 is 2.00 bits per heavy atom. The number of ether oxygens (including phenoxy) is 1. The lowest BCUT2D eigenvalue weighted by Gasteiger charge is -2.17. The molecule has 1 unspecified atom stereocenters. The molecular formula is C23H21F3N4O3S. The highest BCUT2D eigenvalue weighted by Crippen LogP contribution is 2.37. The van der Waals surface area contributed by atoms with Crippen molar-refractivity contribution in [3.05, 3.63) is 66.0 Å². The SMILES string of the molecule is CSc1nccn1-c1cccc(C(=O)Nc2ccc(NC(=O)C3CCCO3)cc2C(F)(F)F)c1. The van der Waals surface area contributed by atoms with Gasteiger partial charge in [-0.1, -0.05) is 17.8 Å². The lowest BCUT2D eigenvalue weighted by Crippen LogP contribution is -2.27. The molecule has 1 aromatic heterocycles. The van der Waals surface area contributed by atoms with Gasteiger partial charge in [-0.15, -0.1) is 0 Å². The summed E-state index contributed by atoms with van der Waals surface area (Å²) in [6.45, 7) is 0.442. The molecule has 1 aliphatic rings. The number of imidazole rings is 1. The maximum atomic E-state index is 13.8. The number of nitrogens with zero attached hydrogens (tertiary/aromatic N) is 2. The maximum Gasteiger partial charge on any atom is 0.418 e. The molecule has 0 bridgehead atoms. The van der Waals surface area contributed by atoms with Gasteiger partial charge in [0.15, 0.2) is 5.16 Å². The summed E-state index contributed by atoms with van der Waals surface area (Å²) in [5.74, 6) is -1.20. The first-order valence-electron chi connectivity index (χ1n) is 10.4. The van der Waals surface area contributed by atoms with Crippen LogP contribution in [-0.4, -0.2) is 40.3 Å². The van der Waals surface area contributed by atoms with Gasteiger partial charge in [0.05, 0.1) is 11.3 Å². The first-order valence-corrected chi connectivity index (χ1v) is 11.6. The first kappa shape index (κ1) is 23.8. The van der Waals surface area contributed by atoms with Crippen molar-refractivity contribution in [2.75, 3.05) is 23.5 Å². The molecule has 3 aromatic rings. The van der Waals surface area contributed by atoms with Crippen LogP contribution < -0.4 is 10.6 Å². The van der Waals surface area contributed by atoms with E-state index >= 15 is 0 Å². The van der Waals surface area contributed by atoms with E-state index in [0.717, 1.165) is 18.6 Å². The van der Waals surface area contributed by atoms with Crippen LogP contribution in [0.15, 0.2) is 60.0 Å². The van der Waals surface area contributed by atoms with Gasteiger partial charge in [0.25, 0.3) is 11.8 Å². The molecule has 0 saturated carbocycles. The van der Waals surface area contributed by atoms with Crippen LogP contribution in [-0.2, 0) is 15.7 Å². The molecule has 0 aliphatic carbocycles. The van der Waals surface area contributed by atoms with Gasteiger partial charge in [-0.25, -0.2) is 4.98 Å². The van der Waals surface area contributed by atoms with E-state index in [0.29, 0.717) is 23.9 Å². The Kier molecular flexibility index (Phi) is 6.94. The summed E-state index contributed by atoms with van der Waals surface area (Å²) < 4.78 is 48.3. The molecule has 178 valence electrons. The summed E-state index contributed by atoms with van der Waals surface area (Å²) in [4.78, 5) is 29.2. The summed E-state index contributed by atoms with van der Waals surface area (Å²) in [6.07, 6.45) is 1.02. The van der Waals surface area contributed by atoms with Gasteiger partial charge in [-0.05, 0) is 55.5 Å². The highest BCUT2D eigenvalue weighted by molar-refractivity contribution is 7.98. The monoisotopic (exact) mass is 490 g/mol. The Hall–Kier alpha value is -3.31. The molecule has 2 amide bonds. The molecule has 0 radical (unpaired) electrons. The van der Waals surface area contributed by atoms with Crippen molar-refractivity contribution in [1.82, 2.24) is 9.55 Å². The normalized spacial score (nSPS) is 15.8. The van der Waals surface area contributed by atoms with E-state index in [1.54, 1.807) is 35.2 Å². The number of nitrogens with one attached hydrogen (secondary N) is 2. The molecule has 4 rings (SSSR count). The maximum absolute atomic E-state index is 13.8. The fourth-order valence-corrected chi connectivity index (χ4v) is 4.13. The molecule has 2 N–H and O–H groups in total. The lowest BCUT2D eigenvalue weighted by molar-refractivity contribution is -0.137. The third-order valence-corrected chi connectivity index (χ3v) is 5.91. The van der Waals surface area contributed by atoms with Crippen LogP contribution in [0.25, 0.3) is 5.69 Å². The van der Waals surface area contributed by atoms with Crippen molar-refractivity contribution < 1.29 is 27.5 Å². The summed E-state index contributed by atoms with van der Waals surface area (Å²) in [5.41, 5.74) is -0.677. The summed E-state index contributed by atoms with van der Waals surface area (Å²) in [5, 5.41) is 5.50. The average Bonchev–Trinajstić information content (AvgIpc) is 3.51. The average molecular weight is 491 g/mol. The van der Waals surface area contributed by atoms with E-state index in [2.05, 4.69) is 15.6 Å². The molecule has 1 fully saturated rings. The molecule has 11 heteroatoms. The molecular weight excluding hydrogens is 469 g/mol. The van der Waals surface area contributed by atoms with Crippen molar-refractivity contribution in [2.24, 2.45) is 0 Å². The second-order valence-electron chi connectivity index (χ2n) is 7.54. The van der Waals surface area contributed by atoms with E-state index in [1.165, 1.54) is 23.9 Å². The Morgan fingerprint density at radius 1 is 1.18 bits per heavy atom. The number of anilines is 2. The molecule has 7 nitrogen and oxygen atoms in total. The topological polar surface area (TPSA) is 85.3 Å². The molecule has 2 heterocycles. The minimum Gasteiger partial charge on any atom is -0.368 e. The Labute approximate surface area is 197 Å². The van der Waals surface area contributed by atoms with Crippen molar-refractivity contribution in [2.45, 2.75) is 30.3 Å². The second-order valence-corrected chi connectivity index (χ2v) is 8.31. The van der Waals surface area contributed by atoms with Gasteiger partial charge < -0.3 is 15.4 Å². The standard InChI is InChI=1S/C23H21F3N4O3S/c1-34-22-27-9-10-30(22)16-5-2-4-14(12-16)20(31)29-18-8-7-15(13-17(18)23(24,25)26)28-21(32)19-6-3-11-33-19/h2,4-5,7-10,12-13,19H,3,6,11H2,1H3,(H,28,32)(H,29,31). The van der Waals surface area contributed by atoms with Crippen LogP contribution >= 0.6 is 11.8 Å². The highest BCUT2D eigenvalue weighted by atomic mass is 32.2. The number of rotatable bonds is 6. The minimum atomic E-state index is -4.75. The molecule has 34 heavy (non-hydrogen) atoms. The highest BCUT2D eigenvalue weighted by Gasteiger charge is 2.35. The van der Waals surface area contributed by atoms with Gasteiger partial charge in [0.1, 0.15) is 6.10 Å². The van der Waals surface area contributed by atoms with Gasteiger partial charge in [0, 0.05) is 35.9 Å². The number of halogens is 3. The zero-order valence-corrected chi connectivity index (χ0v) is 18.9. The van der Waals surface area contributed by atoms with Gasteiger partial charge >= 0.3 is 6.18 Å². The van der Waals surface area contributed by atoms with E-state index in [4.69, 9.17) is 4.74 Å². The fourth-order valence-electron chi connectivity index (χ4n) is 3.60. The number of thioether (sulfide) groups is 1. The third-order valence-electron chi connectivity index (χ3n) is 5.24. The van der Waals surface area contributed by atoms with E-state index in [-0.39, 0.29) is 11.3 Å². The van der Waals surface area contributed by atoms with Gasteiger partial charge in [-0.2, -0.15) is 13.2 Å². The number of amides is 2. The fraction of sp³-hybridized carbons (Fsp3) is 0.261. The van der Waals surface area contributed by atoms with Gasteiger partial charge in [0.2, 0.25) is 0 Å². The smallest absolute Gasteiger partial charge is 0.368 e.